The zero-order valence-electron chi connectivity index (χ0n) is 9.63. The summed E-state index contributed by atoms with van der Waals surface area (Å²) in [6.45, 7) is 1.76. The van der Waals surface area contributed by atoms with Gasteiger partial charge < -0.3 is 4.72 Å². The largest absolute Gasteiger partial charge is 0.575 e. The fraction of sp³-hybridized carbons (Fsp3) is 0.333. The Morgan fingerprint density at radius 2 is 1.71 bits per heavy atom. The standard InChI is InChI=1S/C9H13N2O4S2/c1-7-4-5-8(10-16(2,12)13)9(6-7)11-17(3,14)15/h4-6,11H,1-3H3/q-1. The van der Waals surface area contributed by atoms with Crippen molar-refractivity contribution in [2.75, 3.05) is 17.2 Å². The minimum absolute atomic E-state index is 0.0727. The van der Waals surface area contributed by atoms with Gasteiger partial charge >= 0.3 is 0 Å². The molecular weight excluding hydrogens is 264 g/mol. The zero-order chi connectivity index (χ0) is 13.3. The fourth-order valence-electron chi connectivity index (χ4n) is 1.19. The van der Waals surface area contributed by atoms with Gasteiger partial charge in [-0.15, -0.1) is 5.69 Å². The second-order valence-electron chi connectivity index (χ2n) is 3.72. The van der Waals surface area contributed by atoms with E-state index in [1.54, 1.807) is 13.0 Å². The summed E-state index contributed by atoms with van der Waals surface area (Å²) in [7, 11) is -7.05. The number of rotatable bonds is 4. The molecule has 0 aromatic heterocycles. The van der Waals surface area contributed by atoms with Crippen LogP contribution < -0.4 is 4.72 Å². The number of benzene rings is 1. The summed E-state index contributed by atoms with van der Waals surface area (Å²) in [6.07, 6.45) is 1.93. The van der Waals surface area contributed by atoms with Gasteiger partial charge in [0, 0.05) is 11.9 Å². The van der Waals surface area contributed by atoms with Crippen molar-refractivity contribution in [1.82, 2.24) is 0 Å². The van der Waals surface area contributed by atoms with Crippen molar-refractivity contribution >= 4 is 31.4 Å². The van der Waals surface area contributed by atoms with E-state index in [9.17, 15) is 16.8 Å². The van der Waals surface area contributed by atoms with E-state index in [0.717, 1.165) is 18.1 Å². The monoisotopic (exact) mass is 277 g/mol. The number of nitrogens with one attached hydrogen (secondary N) is 1. The third kappa shape index (κ3) is 5.05. The molecule has 0 amide bonds. The molecule has 0 aliphatic rings. The van der Waals surface area contributed by atoms with Crippen molar-refractivity contribution in [2.24, 2.45) is 0 Å². The van der Waals surface area contributed by atoms with Crippen molar-refractivity contribution in [3.8, 4) is 0 Å². The lowest BCUT2D eigenvalue weighted by atomic mass is 10.2. The Balaban J connectivity index is 3.22. The van der Waals surface area contributed by atoms with Gasteiger partial charge in [0.1, 0.15) is 0 Å². The van der Waals surface area contributed by atoms with Crippen molar-refractivity contribution in [3.63, 3.8) is 0 Å². The van der Waals surface area contributed by atoms with Gasteiger partial charge in [-0.1, -0.05) is 12.1 Å². The Labute approximate surface area is 101 Å². The molecule has 1 rings (SSSR count). The molecule has 0 spiro atoms. The summed E-state index contributed by atoms with van der Waals surface area (Å²) in [5.41, 5.74) is 1.02. The van der Waals surface area contributed by atoms with E-state index < -0.39 is 20.0 Å². The van der Waals surface area contributed by atoms with Gasteiger partial charge in [0.05, 0.1) is 16.3 Å². The Kier molecular flexibility index (Phi) is 3.68. The SMILES string of the molecule is Cc1ccc([N-]S(C)(=O)=O)c(NS(C)(=O)=O)c1. The van der Waals surface area contributed by atoms with E-state index in [1.165, 1.54) is 12.1 Å². The molecule has 0 unspecified atom stereocenters. The normalized spacial score (nSPS) is 12.2. The first-order chi connectivity index (χ1) is 7.57. The summed E-state index contributed by atoms with van der Waals surface area (Å²) in [4.78, 5) is 0. The molecule has 17 heavy (non-hydrogen) atoms. The molecule has 0 bridgehead atoms. The molecule has 0 fully saturated rings. The van der Waals surface area contributed by atoms with Crippen LogP contribution in [0.1, 0.15) is 5.56 Å². The maximum Gasteiger partial charge on any atom is 0.229 e. The summed E-state index contributed by atoms with van der Waals surface area (Å²) in [6, 6.07) is 4.62. The van der Waals surface area contributed by atoms with Gasteiger partial charge in [-0.05, 0) is 18.6 Å². The van der Waals surface area contributed by atoms with Crippen LogP contribution in [-0.2, 0) is 20.0 Å². The molecular formula is C9H13N2O4S2-. The predicted molar refractivity (Wildman–Crippen MR) is 67.5 cm³/mol. The maximum absolute atomic E-state index is 11.1. The lowest BCUT2D eigenvalue weighted by Gasteiger charge is -2.23. The third-order valence-corrected chi connectivity index (χ3v) is 2.83. The van der Waals surface area contributed by atoms with Crippen LogP contribution in [0, 0.1) is 6.92 Å². The van der Waals surface area contributed by atoms with Crippen LogP contribution in [0.4, 0.5) is 11.4 Å². The van der Waals surface area contributed by atoms with E-state index in [4.69, 9.17) is 0 Å². The number of sulfonamides is 2. The first-order valence-corrected chi connectivity index (χ1v) is 8.32. The molecule has 0 saturated carbocycles. The maximum atomic E-state index is 11.1. The molecule has 0 aliphatic carbocycles. The first kappa shape index (κ1) is 13.8. The van der Waals surface area contributed by atoms with Crippen molar-refractivity contribution in [3.05, 3.63) is 28.5 Å². The summed E-state index contributed by atoms with van der Waals surface area (Å²) >= 11 is 0. The van der Waals surface area contributed by atoms with Crippen LogP contribution in [0.15, 0.2) is 18.2 Å². The van der Waals surface area contributed by atoms with Crippen LogP contribution in [0.25, 0.3) is 4.72 Å². The molecule has 96 valence electrons. The van der Waals surface area contributed by atoms with Gasteiger partial charge in [-0.3, -0.25) is 4.72 Å². The molecule has 1 aromatic carbocycles. The van der Waals surface area contributed by atoms with E-state index >= 15 is 0 Å². The lowest BCUT2D eigenvalue weighted by Crippen LogP contribution is -2.10. The lowest BCUT2D eigenvalue weighted by molar-refractivity contribution is 0.605. The van der Waals surface area contributed by atoms with Crippen LogP contribution in [0.2, 0.25) is 0 Å². The van der Waals surface area contributed by atoms with Gasteiger partial charge in [0.25, 0.3) is 0 Å². The van der Waals surface area contributed by atoms with Crippen molar-refractivity contribution in [1.29, 1.82) is 0 Å². The van der Waals surface area contributed by atoms with E-state index in [2.05, 4.69) is 9.44 Å². The zero-order valence-corrected chi connectivity index (χ0v) is 11.3. The van der Waals surface area contributed by atoms with Crippen molar-refractivity contribution in [2.45, 2.75) is 6.92 Å². The first-order valence-electron chi connectivity index (χ1n) is 4.58. The second-order valence-corrected chi connectivity index (χ2v) is 7.12. The van der Waals surface area contributed by atoms with E-state index in [0.29, 0.717) is 0 Å². The molecule has 0 saturated heterocycles. The Morgan fingerprint density at radius 3 is 2.18 bits per heavy atom. The smallest absolute Gasteiger partial charge is 0.229 e. The molecule has 6 nitrogen and oxygen atoms in total. The minimum atomic E-state index is -3.58. The number of aryl methyl sites for hydroxylation is 1. The Morgan fingerprint density at radius 1 is 1.12 bits per heavy atom. The summed E-state index contributed by atoms with van der Waals surface area (Å²) < 4.78 is 50.1. The molecule has 1 N–H and O–H groups in total. The Hall–Kier alpha value is -1.28. The molecule has 0 heterocycles. The molecule has 1 aromatic rings. The molecule has 0 atom stereocenters. The van der Waals surface area contributed by atoms with Gasteiger partial charge in [-0.25, -0.2) is 16.8 Å². The Bertz CT molecular complexity index is 620. The van der Waals surface area contributed by atoms with Gasteiger partial charge in [0.2, 0.25) is 10.0 Å². The van der Waals surface area contributed by atoms with E-state index in [1.807, 2.05) is 0 Å². The molecule has 0 radical (unpaired) electrons. The minimum Gasteiger partial charge on any atom is -0.575 e. The fourth-order valence-corrected chi connectivity index (χ4v) is 2.27. The number of nitrogens with zero attached hydrogens (tertiary/aromatic N) is 1. The highest BCUT2D eigenvalue weighted by Crippen LogP contribution is 2.32. The second kappa shape index (κ2) is 4.53. The third-order valence-electron chi connectivity index (χ3n) is 1.71. The topological polar surface area (TPSA) is 94.4 Å². The number of hydrogen-bond acceptors (Lipinski definition) is 4. The van der Waals surface area contributed by atoms with Crippen LogP contribution in [-0.4, -0.2) is 29.3 Å². The number of hydrogen-bond donors (Lipinski definition) is 1. The number of anilines is 1. The van der Waals surface area contributed by atoms with Crippen LogP contribution in [0.5, 0.6) is 0 Å². The highest BCUT2D eigenvalue weighted by Gasteiger charge is 2.04. The highest BCUT2D eigenvalue weighted by molar-refractivity contribution is 7.93. The highest BCUT2D eigenvalue weighted by atomic mass is 32.2. The van der Waals surface area contributed by atoms with Crippen molar-refractivity contribution < 1.29 is 16.8 Å². The van der Waals surface area contributed by atoms with Gasteiger partial charge in [-0.2, -0.15) is 0 Å². The summed E-state index contributed by atoms with van der Waals surface area (Å²) in [5.74, 6) is 0. The average molecular weight is 277 g/mol. The van der Waals surface area contributed by atoms with E-state index in [-0.39, 0.29) is 11.4 Å². The molecule has 0 aliphatic heterocycles. The predicted octanol–water partition coefficient (Wildman–Crippen LogP) is 1.33. The average Bonchev–Trinajstić information content (AvgIpc) is 2.05. The molecule has 8 heteroatoms. The van der Waals surface area contributed by atoms with Crippen LogP contribution >= 0.6 is 0 Å². The van der Waals surface area contributed by atoms with Gasteiger partial charge in [0.15, 0.2) is 0 Å². The quantitative estimate of drug-likeness (QED) is 0.898. The van der Waals surface area contributed by atoms with Crippen LogP contribution in [0.3, 0.4) is 0 Å². The summed E-state index contributed by atoms with van der Waals surface area (Å²) in [5, 5.41) is 0.